The van der Waals surface area contributed by atoms with Gasteiger partial charge in [-0.25, -0.2) is 13.9 Å². The van der Waals surface area contributed by atoms with Crippen molar-refractivity contribution in [3.05, 3.63) is 52.1 Å². The highest BCUT2D eigenvalue weighted by Gasteiger charge is 2.09. The molecule has 0 aliphatic rings. The first-order valence-corrected chi connectivity index (χ1v) is 6.53. The van der Waals surface area contributed by atoms with E-state index >= 15 is 0 Å². The van der Waals surface area contributed by atoms with Crippen LogP contribution in [0.1, 0.15) is 0 Å². The zero-order valence-electron chi connectivity index (χ0n) is 9.44. The largest absolute Gasteiger partial charge is 0.352 e. The Morgan fingerprint density at radius 1 is 1.32 bits per heavy atom. The van der Waals surface area contributed by atoms with Gasteiger partial charge in [0, 0.05) is 11.8 Å². The predicted octanol–water partition coefficient (Wildman–Crippen LogP) is 4.03. The molecule has 7 heteroatoms. The molecule has 2 heterocycles. The van der Waals surface area contributed by atoms with Gasteiger partial charge in [-0.3, -0.25) is 0 Å². The summed E-state index contributed by atoms with van der Waals surface area (Å²) in [5.41, 5.74) is 1.86. The fourth-order valence-corrected chi connectivity index (χ4v) is 2.26. The lowest BCUT2D eigenvalue weighted by atomic mass is 10.3. The summed E-state index contributed by atoms with van der Waals surface area (Å²) in [5.74, 6) is -0.314. The Balaban J connectivity index is 2.10. The van der Waals surface area contributed by atoms with E-state index in [4.69, 9.17) is 11.6 Å². The van der Waals surface area contributed by atoms with Crippen molar-refractivity contribution < 1.29 is 4.39 Å². The van der Waals surface area contributed by atoms with Gasteiger partial charge in [0.15, 0.2) is 10.8 Å². The number of aromatic nitrogens is 3. The summed E-state index contributed by atoms with van der Waals surface area (Å²) in [4.78, 5) is 4.22. The van der Waals surface area contributed by atoms with Crippen LogP contribution in [0.2, 0.25) is 5.15 Å². The van der Waals surface area contributed by atoms with Crippen LogP contribution in [0.25, 0.3) is 5.65 Å². The van der Waals surface area contributed by atoms with Crippen LogP contribution in [0.5, 0.6) is 0 Å². The molecule has 0 radical (unpaired) electrons. The van der Waals surface area contributed by atoms with Crippen LogP contribution in [0.3, 0.4) is 0 Å². The number of benzene rings is 1. The molecule has 1 aromatic carbocycles. The van der Waals surface area contributed by atoms with Gasteiger partial charge in [-0.05, 0) is 34.1 Å². The fraction of sp³-hybridized carbons (Fsp3) is 0. The van der Waals surface area contributed by atoms with Gasteiger partial charge in [0.25, 0.3) is 0 Å². The molecule has 3 aromatic rings. The third-order valence-corrected chi connectivity index (χ3v) is 3.23. The Morgan fingerprint density at radius 3 is 2.95 bits per heavy atom. The highest BCUT2D eigenvalue weighted by molar-refractivity contribution is 9.10. The van der Waals surface area contributed by atoms with Gasteiger partial charge < -0.3 is 5.32 Å². The van der Waals surface area contributed by atoms with Gasteiger partial charge in [-0.1, -0.05) is 17.7 Å². The smallest absolute Gasteiger partial charge is 0.178 e. The molecule has 4 nitrogen and oxygen atoms in total. The van der Waals surface area contributed by atoms with E-state index in [1.54, 1.807) is 28.9 Å². The number of halogens is 3. The normalized spacial score (nSPS) is 10.9. The molecule has 0 aliphatic carbocycles. The van der Waals surface area contributed by atoms with Crippen LogP contribution < -0.4 is 5.32 Å². The number of hydrogen-bond donors (Lipinski definition) is 1. The first kappa shape index (κ1) is 12.4. The number of anilines is 2. The maximum absolute atomic E-state index is 13.2. The van der Waals surface area contributed by atoms with Crippen LogP contribution in [0.15, 0.2) is 41.1 Å². The minimum Gasteiger partial charge on any atom is -0.352 e. The van der Waals surface area contributed by atoms with Crippen LogP contribution in [-0.4, -0.2) is 14.6 Å². The molecule has 3 rings (SSSR count). The summed E-state index contributed by atoms with van der Waals surface area (Å²) < 4.78 is 15.4. The molecule has 0 fully saturated rings. The van der Waals surface area contributed by atoms with Crippen molar-refractivity contribution in [3.8, 4) is 0 Å². The van der Waals surface area contributed by atoms with E-state index in [9.17, 15) is 4.39 Å². The molecule has 0 spiro atoms. The van der Waals surface area contributed by atoms with Gasteiger partial charge in [0.1, 0.15) is 10.4 Å². The second-order valence-electron chi connectivity index (χ2n) is 3.83. The Labute approximate surface area is 121 Å². The average molecular weight is 342 g/mol. The first-order valence-electron chi connectivity index (χ1n) is 5.36. The molecular formula is C12H7BrClFN4. The summed E-state index contributed by atoms with van der Waals surface area (Å²) in [5, 5.41) is 7.50. The molecule has 96 valence electrons. The van der Waals surface area contributed by atoms with E-state index in [1.807, 2.05) is 0 Å². The second kappa shape index (κ2) is 4.79. The molecule has 0 bridgehead atoms. The minimum absolute atomic E-state index is 0.310. The van der Waals surface area contributed by atoms with E-state index in [1.165, 1.54) is 12.1 Å². The van der Waals surface area contributed by atoms with Gasteiger partial charge in [0.2, 0.25) is 0 Å². The van der Waals surface area contributed by atoms with Crippen molar-refractivity contribution in [1.29, 1.82) is 0 Å². The molecule has 0 unspecified atom stereocenters. The Hall–Kier alpha value is -1.66. The van der Waals surface area contributed by atoms with E-state index < -0.39 is 0 Å². The summed E-state index contributed by atoms with van der Waals surface area (Å²) in [7, 11) is 0. The number of nitrogens with zero attached hydrogens (tertiary/aromatic N) is 3. The van der Waals surface area contributed by atoms with E-state index in [2.05, 4.69) is 31.3 Å². The van der Waals surface area contributed by atoms with Crippen LogP contribution in [0.4, 0.5) is 15.8 Å². The molecule has 0 atom stereocenters. The molecule has 0 saturated carbocycles. The molecule has 0 aliphatic heterocycles. The van der Waals surface area contributed by atoms with Crippen molar-refractivity contribution in [3.63, 3.8) is 0 Å². The third-order valence-electron chi connectivity index (χ3n) is 2.50. The van der Waals surface area contributed by atoms with Gasteiger partial charge in [-0.15, -0.1) is 0 Å². The highest BCUT2D eigenvalue weighted by atomic mass is 79.9. The lowest BCUT2D eigenvalue weighted by Gasteiger charge is -2.08. The van der Waals surface area contributed by atoms with Crippen molar-refractivity contribution in [2.45, 2.75) is 0 Å². The first-order chi connectivity index (χ1) is 9.13. The minimum atomic E-state index is -0.314. The number of hydrogen-bond acceptors (Lipinski definition) is 3. The Bertz CT molecular complexity index is 759. The van der Waals surface area contributed by atoms with Gasteiger partial charge in [0.05, 0.1) is 11.9 Å². The summed E-state index contributed by atoms with van der Waals surface area (Å²) in [6.07, 6.45) is 1.62. The standard InChI is InChI=1S/C12H7BrClFN4/c13-10-6-16-12-9(5-11(14)18-19(10)12)17-8-3-1-2-7(15)4-8/h1-6,17H. The molecule has 0 saturated heterocycles. The number of nitrogens with one attached hydrogen (secondary N) is 1. The lowest BCUT2D eigenvalue weighted by Crippen LogP contribution is -1.99. The maximum atomic E-state index is 13.2. The van der Waals surface area contributed by atoms with E-state index in [0.717, 1.165) is 0 Å². The van der Waals surface area contributed by atoms with Crippen LogP contribution in [-0.2, 0) is 0 Å². The van der Waals surface area contributed by atoms with Gasteiger partial charge in [-0.2, -0.15) is 5.10 Å². The number of imidazole rings is 1. The molecule has 2 aromatic heterocycles. The zero-order valence-corrected chi connectivity index (χ0v) is 11.8. The summed E-state index contributed by atoms with van der Waals surface area (Å²) in [6, 6.07) is 7.79. The fourth-order valence-electron chi connectivity index (χ4n) is 1.73. The quantitative estimate of drug-likeness (QED) is 0.765. The predicted molar refractivity (Wildman–Crippen MR) is 75.4 cm³/mol. The van der Waals surface area contributed by atoms with Crippen molar-refractivity contribution >= 4 is 44.6 Å². The molecule has 19 heavy (non-hydrogen) atoms. The summed E-state index contributed by atoms with van der Waals surface area (Å²) >= 11 is 9.28. The Kier molecular flexibility index (Phi) is 3.12. The highest BCUT2D eigenvalue weighted by Crippen LogP contribution is 2.25. The molecule has 1 N–H and O–H groups in total. The van der Waals surface area contributed by atoms with Crippen LogP contribution in [0, 0.1) is 5.82 Å². The molecular weight excluding hydrogens is 335 g/mol. The van der Waals surface area contributed by atoms with Gasteiger partial charge >= 0.3 is 0 Å². The van der Waals surface area contributed by atoms with Crippen molar-refractivity contribution in [2.24, 2.45) is 0 Å². The summed E-state index contributed by atoms with van der Waals surface area (Å²) in [6.45, 7) is 0. The Morgan fingerprint density at radius 2 is 2.16 bits per heavy atom. The SMILES string of the molecule is Fc1cccc(Nc2cc(Cl)nn3c(Br)cnc23)c1. The molecule has 0 amide bonds. The maximum Gasteiger partial charge on any atom is 0.178 e. The monoisotopic (exact) mass is 340 g/mol. The second-order valence-corrected chi connectivity index (χ2v) is 5.03. The van der Waals surface area contributed by atoms with E-state index in [0.29, 0.717) is 26.8 Å². The van der Waals surface area contributed by atoms with Crippen LogP contribution >= 0.6 is 27.5 Å². The number of rotatable bonds is 2. The lowest BCUT2D eigenvalue weighted by molar-refractivity contribution is 0.628. The zero-order chi connectivity index (χ0) is 13.4. The van der Waals surface area contributed by atoms with Crippen molar-refractivity contribution in [1.82, 2.24) is 14.6 Å². The van der Waals surface area contributed by atoms with Crippen molar-refractivity contribution in [2.75, 3.05) is 5.32 Å². The van der Waals surface area contributed by atoms with E-state index in [-0.39, 0.29) is 5.82 Å². The number of fused-ring (bicyclic) bond motifs is 1. The average Bonchev–Trinajstić information content (AvgIpc) is 2.71. The third kappa shape index (κ3) is 2.41. The topological polar surface area (TPSA) is 42.2 Å².